The third kappa shape index (κ3) is 3.73. The van der Waals surface area contributed by atoms with Crippen LogP contribution in [0.2, 0.25) is 0 Å². The first kappa shape index (κ1) is 12.4. The molecule has 18 heavy (non-hydrogen) atoms. The van der Waals surface area contributed by atoms with Gasteiger partial charge >= 0.3 is 0 Å². The Balaban J connectivity index is 1.81. The number of anilines is 1. The predicted octanol–water partition coefficient (Wildman–Crippen LogP) is 2.66. The third-order valence-corrected chi connectivity index (χ3v) is 2.50. The van der Waals surface area contributed by atoms with Gasteiger partial charge in [-0.15, -0.1) is 0 Å². The molecular weight excluding hydrogens is 226 g/mol. The molecule has 0 aliphatic carbocycles. The van der Waals surface area contributed by atoms with Crippen molar-refractivity contribution in [1.29, 1.82) is 0 Å². The molecule has 0 radical (unpaired) electrons. The van der Waals surface area contributed by atoms with Crippen molar-refractivity contribution in [2.24, 2.45) is 0 Å². The fraction of sp³-hybridized carbons (Fsp3) is 0.286. The van der Waals surface area contributed by atoms with Crippen LogP contribution in [0, 0.1) is 6.92 Å². The van der Waals surface area contributed by atoms with Gasteiger partial charge in [0.15, 0.2) is 0 Å². The monoisotopic (exact) mass is 243 g/mol. The van der Waals surface area contributed by atoms with Gasteiger partial charge in [-0.1, -0.05) is 17.7 Å². The fourth-order valence-corrected chi connectivity index (χ4v) is 1.53. The number of nitrogens with one attached hydrogen (secondary N) is 1. The van der Waals surface area contributed by atoms with Crippen LogP contribution < -0.4 is 10.1 Å². The second-order valence-electron chi connectivity index (χ2n) is 4.26. The minimum atomic E-state index is 0.182. The molecule has 4 nitrogen and oxygen atoms in total. The number of hydrogen-bond donors (Lipinski definition) is 1. The van der Waals surface area contributed by atoms with Crippen LogP contribution in [0.1, 0.15) is 12.5 Å². The summed E-state index contributed by atoms with van der Waals surface area (Å²) in [6.45, 7) is 4.70. The Labute approximate surface area is 107 Å². The summed E-state index contributed by atoms with van der Waals surface area (Å²) in [7, 11) is 0. The van der Waals surface area contributed by atoms with E-state index in [1.165, 1.54) is 11.9 Å². The average Bonchev–Trinajstić information content (AvgIpc) is 2.39. The molecule has 0 amide bonds. The molecule has 4 heteroatoms. The Morgan fingerprint density at radius 3 is 2.67 bits per heavy atom. The third-order valence-electron chi connectivity index (χ3n) is 2.50. The summed E-state index contributed by atoms with van der Waals surface area (Å²) in [5.41, 5.74) is 1.23. The number of aromatic nitrogens is 2. The molecule has 2 aromatic rings. The van der Waals surface area contributed by atoms with Gasteiger partial charge in [0, 0.05) is 6.20 Å². The van der Waals surface area contributed by atoms with E-state index >= 15 is 0 Å². The van der Waals surface area contributed by atoms with Crippen LogP contribution in [0.3, 0.4) is 0 Å². The highest BCUT2D eigenvalue weighted by molar-refractivity contribution is 5.33. The van der Waals surface area contributed by atoms with Crippen LogP contribution in [-0.2, 0) is 0 Å². The number of benzene rings is 1. The number of nitrogens with zero attached hydrogens (tertiary/aromatic N) is 2. The molecule has 0 saturated heterocycles. The van der Waals surface area contributed by atoms with E-state index in [1.54, 1.807) is 6.20 Å². The lowest BCUT2D eigenvalue weighted by Crippen LogP contribution is -2.23. The Morgan fingerprint density at radius 1 is 1.22 bits per heavy atom. The van der Waals surface area contributed by atoms with Crippen molar-refractivity contribution < 1.29 is 4.74 Å². The molecule has 0 aliphatic heterocycles. The van der Waals surface area contributed by atoms with Crippen LogP contribution in [0.15, 0.2) is 42.9 Å². The first-order valence-electron chi connectivity index (χ1n) is 5.96. The first-order valence-corrected chi connectivity index (χ1v) is 5.96. The highest BCUT2D eigenvalue weighted by Crippen LogP contribution is 2.12. The van der Waals surface area contributed by atoms with Gasteiger partial charge < -0.3 is 10.1 Å². The second kappa shape index (κ2) is 6.00. The fourth-order valence-electron chi connectivity index (χ4n) is 1.53. The maximum Gasteiger partial charge on any atom is 0.129 e. The van der Waals surface area contributed by atoms with Crippen LogP contribution in [0.4, 0.5) is 5.82 Å². The zero-order chi connectivity index (χ0) is 12.8. The van der Waals surface area contributed by atoms with Crippen molar-refractivity contribution in [2.45, 2.75) is 19.9 Å². The number of rotatable bonds is 5. The summed E-state index contributed by atoms with van der Waals surface area (Å²) >= 11 is 0. The molecule has 0 fully saturated rings. The molecule has 1 aromatic carbocycles. The van der Waals surface area contributed by atoms with Crippen LogP contribution in [0.5, 0.6) is 5.75 Å². The summed E-state index contributed by atoms with van der Waals surface area (Å²) in [5.74, 6) is 1.70. The van der Waals surface area contributed by atoms with Crippen molar-refractivity contribution >= 4 is 5.82 Å². The van der Waals surface area contributed by atoms with E-state index < -0.39 is 0 Å². The summed E-state index contributed by atoms with van der Waals surface area (Å²) in [4.78, 5) is 7.98. The second-order valence-corrected chi connectivity index (χ2v) is 4.26. The van der Waals surface area contributed by atoms with Gasteiger partial charge in [0.05, 0.1) is 6.04 Å². The van der Waals surface area contributed by atoms with E-state index in [0.717, 1.165) is 11.6 Å². The Morgan fingerprint density at radius 2 is 2.00 bits per heavy atom. The smallest absolute Gasteiger partial charge is 0.129 e. The zero-order valence-corrected chi connectivity index (χ0v) is 10.6. The molecule has 1 aromatic heterocycles. The van der Waals surface area contributed by atoms with Crippen molar-refractivity contribution in [3.05, 3.63) is 48.4 Å². The maximum atomic E-state index is 5.69. The van der Waals surface area contributed by atoms with Gasteiger partial charge in [0.2, 0.25) is 0 Å². The average molecular weight is 243 g/mol. The van der Waals surface area contributed by atoms with Crippen LogP contribution >= 0.6 is 0 Å². The summed E-state index contributed by atoms with van der Waals surface area (Å²) in [5, 5.41) is 3.25. The highest BCUT2D eigenvalue weighted by Gasteiger charge is 2.03. The van der Waals surface area contributed by atoms with Gasteiger partial charge in [-0.2, -0.15) is 0 Å². The van der Waals surface area contributed by atoms with E-state index in [4.69, 9.17) is 4.74 Å². The quantitative estimate of drug-likeness (QED) is 0.877. The highest BCUT2D eigenvalue weighted by atomic mass is 16.5. The van der Waals surface area contributed by atoms with Crippen molar-refractivity contribution in [1.82, 2.24) is 9.97 Å². The Bertz CT molecular complexity index is 470. The van der Waals surface area contributed by atoms with Gasteiger partial charge in [0.25, 0.3) is 0 Å². The molecule has 94 valence electrons. The largest absolute Gasteiger partial charge is 0.491 e. The van der Waals surface area contributed by atoms with E-state index in [9.17, 15) is 0 Å². The van der Waals surface area contributed by atoms with Crippen molar-refractivity contribution in [3.63, 3.8) is 0 Å². The maximum absolute atomic E-state index is 5.69. The summed E-state index contributed by atoms with van der Waals surface area (Å²) < 4.78 is 5.69. The molecule has 1 heterocycles. The first-order chi connectivity index (χ1) is 8.74. The van der Waals surface area contributed by atoms with E-state index in [-0.39, 0.29) is 6.04 Å². The van der Waals surface area contributed by atoms with Gasteiger partial charge in [-0.25, -0.2) is 9.97 Å². The van der Waals surface area contributed by atoms with E-state index in [2.05, 4.69) is 29.1 Å². The number of ether oxygens (including phenoxy) is 1. The lowest BCUT2D eigenvalue weighted by molar-refractivity contribution is 0.303. The van der Waals surface area contributed by atoms with Gasteiger partial charge in [-0.3, -0.25) is 0 Å². The van der Waals surface area contributed by atoms with Crippen LogP contribution in [-0.4, -0.2) is 22.6 Å². The minimum Gasteiger partial charge on any atom is -0.491 e. The standard InChI is InChI=1S/C14H17N3O/c1-11-3-5-13(6-4-11)18-9-12(2)17-14-7-8-15-10-16-14/h3-8,10,12H,9H2,1-2H3,(H,15,16,17). The summed E-state index contributed by atoms with van der Waals surface area (Å²) in [6.07, 6.45) is 3.23. The molecule has 1 atom stereocenters. The van der Waals surface area contributed by atoms with Crippen molar-refractivity contribution in [3.8, 4) is 5.75 Å². The van der Waals surface area contributed by atoms with Crippen LogP contribution in [0.25, 0.3) is 0 Å². The predicted molar refractivity (Wildman–Crippen MR) is 71.8 cm³/mol. The molecule has 1 N–H and O–H groups in total. The molecular formula is C14H17N3O. The molecule has 0 aliphatic rings. The van der Waals surface area contributed by atoms with Crippen molar-refractivity contribution in [2.75, 3.05) is 11.9 Å². The number of hydrogen-bond acceptors (Lipinski definition) is 4. The van der Waals surface area contributed by atoms with E-state index in [0.29, 0.717) is 6.61 Å². The lowest BCUT2D eigenvalue weighted by Gasteiger charge is -2.15. The minimum absolute atomic E-state index is 0.182. The molecule has 0 spiro atoms. The van der Waals surface area contributed by atoms with E-state index in [1.807, 2.05) is 30.3 Å². The van der Waals surface area contributed by atoms with Gasteiger partial charge in [0.1, 0.15) is 24.5 Å². The Kier molecular flexibility index (Phi) is 4.12. The SMILES string of the molecule is Cc1ccc(OCC(C)Nc2ccncn2)cc1. The normalized spacial score (nSPS) is 11.9. The summed E-state index contributed by atoms with van der Waals surface area (Å²) in [6, 6.07) is 10.1. The topological polar surface area (TPSA) is 47.0 Å². The molecule has 2 rings (SSSR count). The zero-order valence-electron chi connectivity index (χ0n) is 10.6. The Hall–Kier alpha value is -2.10. The lowest BCUT2D eigenvalue weighted by atomic mass is 10.2. The van der Waals surface area contributed by atoms with Gasteiger partial charge in [-0.05, 0) is 32.0 Å². The number of aryl methyl sites for hydroxylation is 1. The molecule has 1 unspecified atom stereocenters. The molecule has 0 bridgehead atoms. The molecule has 0 saturated carbocycles.